The smallest absolute Gasteiger partial charge is 0.387 e. The third-order valence-electron chi connectivity index (χ3n) is 2.40. The number of carboxylic acids is 1. The van der Waals surface area contributed by atoms with Crippen LogP contribution in [0.4, 0.5) is 8.78 Å². The molecule has 1 heterocycles. The Hall–Kier alpha value is -1.70. The second-order valence-corrected chi connectivity index (χ2v) is 4.87. The predicted octanol–water partition coefficient (Wildman–Crippen LogP) is 2.72. The number of aliphatic carboxylic acids is 1. The summed E-state index contributed by atoms with van der Waals surface area (Å²) in [4.78, 5) is 22.1. The van der Waals surface area contributed by atoms with Gasteiger partial charge < -0.3 is 15.2 Å². The number of thiophene rings is 1. The summed E-state index contributed by atoms with van der Waals surface area (Å²) >= 11 is 1.02. The number of hydrogen-bond donors (Lipinski definition) is 2. The molecule has 0 spiro atoms. The van der Waals surface area contributed by atoms with Gasteiger partial charge in [0, 0.05) is 13.0 Å². The molecule has 0 fully saturated rings. The quantitative estimate of drug-likeness (QED) is 0.688. The fourth-order valence-corrected chi connectivity index (χ4v) is 2.25. The van der Waals surface area contributed by atoms with Gasteiger partial charge in [-0.3, -0.25) is 9.59 Å². The van der Waals surface area contributed by atoms with E-state index in [1.807, 2.05) is 0 Å². The number of halogens is 2. The Kier molecular flexibility index (Phi) is 6.92. The second-order valence-electron chi connectivity index (χ2n) is 3.95. The maximum absolute atomic E-state index is 12.1. The first-order valence-corrected chi connectivity index (χ1v) is 6.91. The molecule has 0 saturated carbocycles. The minimum Gasteiger partial charge on any atom is -0.481 e. The molecule has 0 bridgehead atoms. The molecular formula is C12H15F2NO4S. The van der Waals surface area contributed by atoms with Crippen LogP contribution < -0.4 is 10.1 Å². The normalized spacial score (nSPS) is 10.6. The molecule has 0 aromatic carbocycles. The van der Waals surface area contributed by atoms with E-state index in [1.54, 1.807) is 0 Å². The summed E-state index contributed by atoms with van der Waals surface area (Å²) in [6.45, 7) is -2.60. The molecule has 1 aromatic rings. The van der Waals surface area contributed by atoms with Crippen LogP contribution in [-0.2, 0) is 4.79 Å². The number of rotatable bonds is 9. The fraction of sp³-hybridized carbons (Fsp3) is 0.500. The number of nitrogens with one attached hydrogen (secondary N) is 1. The summed E-state index contributed by atoms with van der Waals surface area (Å²) in [5.41, 5.74) is 0. The lowest BCUT2D eigenvalue weighted by molar-refractivity contribution is -0.137. The average molecular weight is 307 g/mol. The Morgan fingerprint density at radius 3 is 2.75 bits per heavy atom. The number of carbonyl (C=O) groups is 2. The van der Waals surface area contributed by atoms with Crippen molar-refractivity contribution in [2.75, 3.05) is 6.54 Å². The van der Waals surface area contributed by atoms with Crippen molar-refractivity contribution >= 4 is 23.2 Å². The molecule has 0 radical (unpaired) electrons. The zero-order valence-electron chi connectivity index (χ0n) is 10.6. The highest BCUT2D eigenvalue weighted by Gasteiger charge is 2.16. The monoisotopic (exact) mass is 307 g/mol. The van der Waals surface area contributed by atoms with Crippen LogP contribution in [0.15, 0.2) is 11.4 Å². The van der Waals surface area contributed by atoms with E-state index in [2.05, 4.69) is 10.1 Å². The number of carboxylic acid groups (broad SMARTS) is 1. The van der Waals surface area contributed by atoms with Crippen LogP contribution in [0.5, 0.6) is 5.75 Å². The summed E-state index contributed by atoms with van der Waals surface area (Å²) in [7, 11) is 0. The van der Waals surface area contributed by atoms with E-state index in [-0.39, 0.29) is 17.0 Å². The maximum Gasteiger partial charge on any atom is 0.387 e. The third kappa shape index (κ3) is 5.96. The highest BCUT2D eigenvalue weighted by atomic mass is 32.1. The summed E-state index contributed by atoms with van der Waals surface area (Å²) < 4.78 is 28.4. The Morgan fingerprint density at radius 2 is 2.10 bits per heavy atom. The molecule has 0 aliphatic heterocycles. The summed E-state index contributed by atoms with van der Waals surface area (Å²) in [5, 5.41) is 12.5. The van der Waals surface area contributed by atoms with Gasteiger partial charge in [-0.2, -0.15) is 8.78 Å². The van der Waals surface area contributed by atoms with Gasteiger partial charge in [0.15, 0.2) is 0 Å². The number of unbranched alkanes of at least 4 members (excludes halogenated alkanes) is 2. The van der Waals surface area contributed by atoms with Gasteiger partial charge in [0.2, 0.25) is 0 Å². The second kappa shape index (κ2) is 8.47. The summed E-state index contributed by atoms with van der Waals surface area (Å²) in [6.07, 6.45) is 1.96. The number of amides is 1. The largest absolute Gasteiger partial charge is 0.481 e. The third-order valence-corrected chi connectivity index (χ3v) is 3.30. The zero-order valence-corrected chi connectivity index (χ0v) is 11.4. The van der Waals surface area contributed by atoms with Crippen molar-refractivity contribution in [1.29, 1.82) is 0 Å². The van der Waals surface area contributed by atoms with Crippen molar-refractivity contribution in [2.24, 2.45) is 0 Å². The highest BCUT2D eigenvalue weighted by molar-refractivity contribution is 7.12. The van der Waals surface area contributed by atoms with Gasteiger partial charge in [0.05, 0.1) is 0 Å². The van der Waals surface area contributed by atoms with Crippen molar-refractivity contribution in [2.45, 2.75) is 32.3 Å². The molecule has 0 atom stereocenters. The van der Waals surface area contributed by atoms with E-state index in [0.29, 0.717) is 25.8 Å². The number of ether oxygens (including phenoxy) is 1. The molecule has 5 nitrogen and oxygen atoms in total. The Labute approximate surface area is 118 Å². The van der Waals surface area contributed by atoms with Gasteiger partial charge in [-0.15, -0.1) is 11.3 Å². The van der Waals surface area contributed by atoms with Gasteiger partial charge in [-0.25, -0.2) is 0 Å². The summed E-state index contributed by atoms with van der Waals surface area (Å²) in [6, 6.07) is 1.32. The maximum atomic E-state index is 12.1. The first-order valence-electron chi connectivity index (χ1n) is 6.03. The standard InChI is InChI=1S/C12H15F2NO4S/c13-12(14)19-8-5-7-20-10(8)11(18)15-6-3-1-2-4-9(16)17/h5,7,12H,1-4,6H2,(H,15,18)(H,16,17). The molecule has 2 N–H and O–H groups in total. The Bertz CT molecular complexity index is 450. The average Bonchev–Trinajstić information content (AvgIpc) is 2.80. The lowest BCUT2D eigenvalue weighted by atomic mass is 10.2. The van der Waals surface area contributed by atoms with Crippen LogP contribution in [0.1, 0.15) is 35.4 Å². The van der Waals surface area contributed by atoms with Crippen LogP contribution in [0.25, 0.3) is 0 Å². The number of alkyl halides is 2. The highest BCUT2D eigenvalue weighted by Crippen LogP contribution is 2.26. The van der Waals surface area contributed by atoms with Crippen LogP contribution in [-0.4, -0.2) is 30.1 Å². The first-order chi connectivity index (χ1) is 9.50. The van der Waals surface area contributed by atoms with Crippen molar-refractivity contribution < 1.29 is 28.2 Å². The van der Waals surface area contributed by atoms with Crippen LogP contribution in [0, 0.1) is 0 Å². The van der Waals surface area contributed by atoms with E-state index < -0.39 is 18.5 Å². The predicted molar refractivity (Wildman–Crippen MR) is 69.4 cm³/mol. The molecule has 0 aliphatic carbocycles. The molecule has 0 aliphatic rings. The SMILES string of the molecule is O=C(O)CCCCCNC(=O)c1sccc1OC(F)F. The molecule has 1 aromatic heterocycles. The molecular weight excluding hydrogens is 292 g/mol. The van der Waals surface area contributed by atoms with Crippen molar-refractivity contribution in [3.8, 4) is 5.75 Å². The number of hydrogen-bond acceptors (Lipinski definition) is 4. The first kappa shape index (κ1) is 16.4. The molecule has 1 amide bonds. The fourth-order valence-electron chi connectivity index (χ4n) is 1.51. The molecule has 0 unspecified atom stereocenters. The van der Waals surface area contributed by atoms with Crippen molar-refractivity contribution in [3.05, 3.63) is 16.3 Å². The van der Waals surface area contributed by atoms with Gasteiger partial charge >= 0.3 is 12.6 Å². The van der Waals surface area contributed by atoms with E-state index in [0.717, 1.165) is 11.3 Å². The van der Waals surface area contributed by atoms with Crippen LogP contribution in [0.3, 0.4) is 0 Å². The Morgan fingerprint density at radius 1 is 1.35 bits per heavy atom. The molecule has 0 saturated heterocycles. The van der Waals surface area contributed by atoms with E-state index in [1.165, 1.54) is 11.4 Å². The molecule has 8 heteroatoms. The topological polar surface area (TPSA) is 75.6 Å². The Balaban J connectivity index is 2.29. The lowest BCUT2D eigenvalue weighted by Gasteiger charge is -2.06. The van der Waals surface area contributed by atoms with Gasteiger partial charge in [-0.1, -0.05) is 6.42 Å². The number of carbonyl (C=O) groups excluding carboxylic acids is 1. The summed E-state index contributed by atoms with van der Waals surface area (Å²) in [5.74, 6) is -1.44. The lowest BCUT2D eigenvalue weighted by Crippen LogP contribution is -2.24. The van der Waals surface area contributed by atoms with Crippen LogP contribution in [0.2, 0.25) is 0 Å². The zero-order chi connectivity index (χ0) is 15.0. The van der Waals surface area contributed by atoms with Gasteiger partial charge in [0.25, 0.3) is 5.91 Å². The molecule has 1 rings (SSSR count). The van der Waals surface area contributed by atoms with E-state index in [9.17, 15) is 18.4 Å². The van der Waals surface area contributed by atoms with E-state index in [4.69, 9.17) is 5.11 Å². The van der Waals surface area contributed by atoms with E-state index >= 15 is 0 Å². The van der Waals surface area contributed by atoms with Crippen molar-refractivity contribution in [1.82, 2.24) is 5.32 Å². The van der Waals surface area contributed by atoms with Gasteiger partial charge in [0.1, 0.15) is 10.6 Å². The van der Waals surface area contributed by atoms with Crippen LogP contribution >= 0.6 is 11.3 Å². The van der Waals surface area contributed by atoms with Gasteiger partial charge in [-0.05, 0) is 24.3 Å². The minimum atomic E-state index is -2.97. The van der Waals surface area contributed by atoms with Crippen molar-refractivity contribution in [3.63, 3.8) is 0 Å². The minimum absolute atomic E-state index is 0.102. The molecule has 20 heavy (non-hydrogen) atoms. The molecule has 112 valence electrons.